The van der Waals surface area contributed by atoms with Crippen molar-refractivity contribution in [2.45, 2.75) is 102 Å². The van der Waals surface area contributed by atoms with Crippen molar-refractivity contribution in [1.29, 1.82) is 5.41 Å². The van der Waals surface area contributed by atoms with E-state index >= 15 is 0 Å². The number of pyridine rings is 1. The fourth-order valence-electron chi connectivity index (χ4n) is 7.91. The molecule has 3 atom stereocenters. The van der Waals surface area contributed by atoms with Gasteiger partial charge in [-0.2, -0.15) is 0 Å². The van der Waals surface area contributed by atoms with Gasteiger partial charge in [0, 0.05) is 52.4 Å². The first-order chi connectivity index (χ1) is 24.7. The maximum absolute atomic E-state index is 13.4. The van der Waals surface area contributed by atoms with Crippen LogP contribution in [0.4, 0.5) is 4.39 Å². The molecule has 0 amide bonds. The Kier molecular flexibility index (Phi) is 12.9. The van der Waals surface area contributed by atoms with Crippen LogP contribution in [0.15, 0.2) is 82.7 Å². The normalized spacial score (nSPS) is 24.2. The number of aliphatic imine (C=N–C) groups is 1. The van der Waals surface area contributed by atoms with Crippen molar-refractivity contribution in [2.24, 2.45) is 16.8 Å². The molecule has 0 radical (unpaired) electrons. The average Bonchev–Trinajstić information content (AvgIpc) is 3.81. The summed E-state index contributed by atoms with van der Waals surface area (Å²) in [6.45, 7) is 6.44. The predicted molar refractivity (Wildman–Crippen MR) is 208 cm³/mol. The lowest BCUT2D eigenvalue weighted by Crippen LogP contribution is -2.35. The number of rotatable bonds is 16. The zero-order chi connectivity index (χ0) is 35.8. The van der Waals surface area contributed by atoms with Crippen molar-refractivity contribution in [3.63, 3.8) is 0 Å². The van der Waals surface area contributed by atoms with Gasteiger partial charge in [0.05, 0.1) is 17.5 Å². The van der Waals surface area contributed by atoms with Crippen molar-refractivity contribution in [1.82, 2.24) is 20.2 Å². The van der Waals surface area contributed by atoms with Crippen molar-refractivity contribution in [3.05, 3.63) is 104 Å². The van der Waals surface area contributed by atoms with Gasteiger partial charge < -0.3 is 20.7 Å². The van der Waals surface area contributed by atoms with Crippen molar-refractivity contribution < 1.29 is 9.50 Å². The molecule has 3 aromatic rings. The van der Waals surface area contributed by atoms with E-state index in [2.05, 4.69) is 26.3 Å². The van der Waals surface area contributed by atoms with E-state index in [-0.39, 0.29) is 0 Å². The molecule has 6 rings (SSSR count). The average molecular weight is 731 g/mol. The number of nitrogens with one attached hydrogen (secondary N) is 2. The summed E-state index contributed by atoms with van der Waals surface area (Å²) in [5.74, 6) is 1.93. The van der Waals surface area contributed by atoms with Crippen LogP contribution in [-0.4, -0.2) is 57.3 Å². The molecule has 1 unspecified atom stereocenters. The van der Waals surface area contributed by atoms with Crippen LogP contribution < -0.4 is 5.32 Å². The molecule has 272 valence electrons. The van der Waals surface area contributed by atoms with E-state index in [0.717, 1.165) is 123 Å². The van der Waals surface area contributed by atoms with E-state index in [1.54, 1.807) is 30.7 Å². The van der Waals surface area contributed by atoms with Gasteiger partial charge in [-0.1, -0.05) is 35.9 Å². The Hall–Kier alpha value is -3.24. The molecular weight excluding hydrogens is 679 g/mol. The Morgan fingerprint density at radius 2 is 2.02 bits per heavy atom. The molecule has 1 saturated carbocycles. The summed E-state index contributed by atoms with van der Waals surface area (Å²) in [5, 5.41) is 27.7. The molecule has 2 aliphatic heterocycles. The van der Waals surface area contributed by atoms with Gasteiger partial charge in [0.25, 0.3) is 0 Å². The Morgan fingerprint density at radius 3 is 2.75 bits per heavy atom. The second-order valence-corrected chi connectivity index (χ2v) is 16.0. The zero-order valence-electron chi connectivity index (χ0n) is 30.0. The molecule has 4 heterocycles. The molecule has 1 saturated heterocycles. The van der Waals surface area contributed by atoms with Crippen LogP contribution in [0.5, 0.6) is 0 Å². The van der Waals surface area contributed by atoms with Crippen LogP contribution in [0.2, 0.25) is 5.02 Å². The Balaban J connectivity index is 1.10. The van der Waals surface area contributed by atoms with Gasteiger partial charge in [0.2, 0.25) is 0 Å². The van der Waals surface area contributed by atoms with Gasteiger partial charge in [0.15, 0.2) is 10.8 Å². The van der Waals surface area contributed by atoms with Crippen LogP contribution in [0.3, 0.4) is 0 Å². The van der Waals surface area contributed by atoms with Gasteiger partial charge in [-0.25, -0.2) is 9.37 Å². The summed E-state index contributed by atoms with van der Waals surface area (Å²) < 4.78 is 13.4. The Labute approximate surface area is 311 Å². The number of unbranched alkanes of at least 4 members (excludes halogenated alkanes) is 1. The van der Waals surface area contributed by atoms with E-state index < -0.39 is 17.8 Å². The Morgan fingerprint density at radius 1 is 1.18 bits per heavy atom. The number of aliphatic hydroxyl groups is 1. The number of benzene rings is 1. The fraction of sp³-hybridized carbons (Fsp3) is 0.512. The van der Waals surface area contributed by atoms with Crippen molar-refractivity contribution in [2.75, 3.05) is 19.6 Å². The molecular formula is C41H52ClFN6OS. The highest BCUT2D eigenvalue weighted by Crippen LogP contribution is 2.45. The lowest BCUT2D eigenvalue weighted by atomic mass is 9.75. The first-order valence-electron chi connectivity index (χ1n) is 18.7. The third-order valence-electron chi connectivity index (χ3n) is 10.8. The minimum Gasteiger partial charge on any atom is -0.385 e. The highest BCUT2D eigenvalue weighted by molar-refractivity contribution is 7.11. The smallest absolute Gasteiger partial charge is 0.165 e. The molecule has 10 heteroatoms. The van der Waals surface area contributed by atoms with Crippen LogP contribution >= 0.6 is 22.9 Å². The first-order valence-corrected chi connectivity index (χ1v) is 19.9. The lowest BCUT2D eigenvalue weighted by molar-refractivity contribution is -0.0153. The number of aromatic nitrogens is 2. The number of nitrogens with zero attached hydrogens (tertiary/aromatic N) is 4. The summed E-state index contributed by atoms with van der Waals surface area (Å²) in [7, 11) is 0. The molecule has 3 N–H and O–H groups in total. The van der Waals surface area contributed by atoms with Gasteiger partial charge in [-0.15, -0.1) is 11.3 Å². The maximum Gasteiger partial charge on any atom is 0.165 e. The van der Waals surface area contributed by atoms with Gasteiger partial charge >= 0.3 is 0 Å². The molecule has 1 aliphatic carbocycles. The standard InChI is InChI=1S/C41H52ClFN6OS/c1-28-12-13-33(34(42)24-28)38-37(35(44)11-5-3-4-8-29(2)43)36-25-31(27-49(36)39(48-38)40-47-22-23-51-40)9-6-19-45-21-16-30-14-17-41(50,18-15-30)32-10-7-20-46-26-32/h5,7,10-13,20,22-24,26,29-31,38,44-45,50H,3-4,6,8-9,14-19,21,25,27H2,1-2H3/b11-5-,44-35?/t29?,30?,31-,38-,41?/m0/s1. The van der Waals surface area contributed by atoms with E-state index in [4.69, 9.17) is 16.6 Å². The lowest BCUT2D eigenvalue weighted by Gasteiger charge is -2.36. The number of hydrogen-bond donors (Lipinski definition) is 3. The Bertz CT molecular complexity index is 1700. The topological polar surface area (TPSA) is 97.5 Å². The van der Waals surface area contributed by atoms with Crippen LogP contribution in [0.25, 0.3) is 0 Å². The third kappa shape index (κ3) is 9.41. The van der Waals surface area contributed by atoms with E-state index in [9.17, 15) is 14.9 Å². The number of allylic oxidation sites excluding steroid dienone is 3. The third-order valence-corrected chi connectivity index (χ3v) is 11.9. The number of halogens is 2. The number of alkyl halides is 1. The second kappa shape index (κ2) is 17.5. The molecule has 3 aliphatic rings. The molecule has 2 aromatic heterocycles. The predicted octanol–water partition coefficient (Wildman–Crippen LogP) is 9.52. The van der Waals surface area contributed by atoms with Crippen LogP contribution in [0.1, 0.15) is 105 Å². The number of thiazole rings is 1. The molecule has 1 aromatic carbocycles. The van der Waals surface area contributed by atoms with Crippen LogP contribution in [-0.2, 0) is 5.60 Å². The minimum absolute atomic E-state index is 0.410. The number of hydrogen-bond acceptors (Lipinski definition) is 8. The summed E-state index contributed by atoms with van der Waals surface area (Å²) in [6.07, 6.45) is 18.3. The molecule has 0 spiro atoms. The van der Waals surface area contributed by atoms with E-state index in [0.29, 0.717) is 29.0 Å². The van der Waals surface area contributed by atoms with E-state index in [1.807, 2.05) is 54.9 Å². The minimum atomic E-state index is -0.815. The van der Waals surface area contributed by atoms with Gasteiger partial charge in [-0.3, -0.25) is 9.98 Å². The van der Waals surface area contributed by atoms with Crippen molar-refractivity contribution in [3.8, 4) is 0 Å². The van der Waals surface area contributed by atoms with Crippen LogP contribution in [0, 0.1) is 24.2 Å². The van der Waals surface area contributed by atoms with E-state index in [1.165, 1.54) is 0 Å². The number of aryl methyl sites for hydroxylation is 1. The monoisotopic (exact) mass is 730 g/mol. The zero-order valence-corrected chi connectivity index (χ0v) is 31.5. The summed E-state index contributed by atoms with van der Waals surface area (Å²) in [6, 6.07) is 9.58. The number of fused-ring (bicyclic) bond motifs is 1. The molecule has 51 heavy (non-hydrogen) atoms. The SMILES string of the molecule is Cc1ccc([C@@H]2N=C(c3nccs3)N3C[C@@H](CCCNCCC4CCC(O)(c5cccnc5)CC4)CC3=C2C(=N)/C=C\CCCC(C)F)c(Cl)c1. The van der Waals surface area contributed by atoms with Gasteiger partial charge in [-0.05, 0) is 139 Å². The second-order valence-electron chi connectivity index (χ2n) is 14.7. The summed E-state index contributed by atoms with van der Waals surface area (Å²) >= 11 is 8.47. The maximum atomic E-state index is 13.4. The first kappa shape index (κ1) is 37.5. The molecule has 2 fully saturated rings. The highest BCUT2D eigenvalue weighted by Gasteiger charge is 2.40. The summed E-state index contributed by atoms with van der Waals surface area (Å²) in [4.78, 5) is 16.5. The van der Waals surface area contributed by atoms with Gasteiger partial charge in [0.1, 0.15) is 6.04 Å². The fourth-order valence-corrected chi connectivity index (χ4v) is 8.88. The molecule has 7 nitrogen and oxygen atoms in total. The largest absolute Gasteiger partial charge is 0.385 e. The number of amidine groups is 1. The quantitative estimate of drug-likeness (QED) is 0.101. The highest BCUT2D eigenvalue weighted by atomic mass is 35.5. The molecule has 0 bridgehead atoms. The summed E-state index contributed by atoms with van der Waals surface area (Å²) in [5.41, 5.74) is 4.68. The van der Waals surface area contributed by atoms with Crippen molar-refractivity contribution >= 4 is 34.5 Å².